The third-order valence-electron chi connectivity index (χ3n) is 3.65. The number of nitrogens with zero attached hydrogens (tertiary/aromatic N) is 2. The van der Waals surface area contributed by atoms with Crippen LogP contribution in [0.5, 0.6) is 0 Å². The second-order valence-electron chi connectivity index (χ2n) is 5.70. The summed E-state index contributed by atoms with van der Waals surface area (Å²) in [6, 6.07) is 8.24. The molecule has 114 valence electrons. The van der Waals surface area contributed by atoms with E-state index in [1.165, 1.54) is 5.56 Å². The highest BCUT2D eigenvalue weighted by molar-refractivity contribution is 5.26. The molecule has 1 unspecified atom stereocenters. The SMILES string of the molecule is CC(C)c1ccc(C(O)CNCCCn2ccnc2)cc1. The number of aliphatic hydroxyl groups is 1. The number of aliphatic hydroxyl groups excluding tert-OH is 1. The number of nitrogens with one attached hydrogen (secondary N) is 1. The van der Waals surface area contributed by atoms with E-state index in [9.17, 15) is 5.11 Å². The molecule has 0 aliphatic rings. The van der Waals surface area contributed by atoms with Crippen LogP contribution in [0.2, 0.25) is 0 Å². The fourth-order valence-corrected chi connectivity index (χ4v) is 2.27. The van der Waals surface area contributed by atoms with E-state index in [1.807, 2.05) is 24.7 Å². The summed E-state index contributed by atoms with van der Waals surface area (Å²) < 4.78 is 2.06. The van der Waals surface area contributed by atoms with E-state index in [-0.39, 0.29) is 0 Å². The predicted molar refractivity (Wildman–Crippen MR) is 85.2 cm³/mol. The Kier molecular flexibility index (Phi) is 5.96. The monoisotopic (exact) mass is 287 g/mol. The van der Waals surface area contributed by atoms with Gasteiger partial charge in [-0.25, -0.2) is 4.98 Å². The van der Waals surface area contributed by atoms with Gasteiger partial charge in [-0.05, 0) is 30.0 Å². The van der Waals surface area contributed by atoms with E-state index in [1.54, 1.807) is 6.20 Å². The molecule has 4 heteroatoms. The van der Waals surface area contributed by atoms with Gasteiger partial charge in [0, 0.05) is 25.5 Å². The maximum Gasteiger partial charge on any atom is 0.0945 e. The molecule has 1 aromatic heterocycles. The van der Waals surface area contributed by atoms with Crippen molar-refractivity contribution in [3.05, 3.63) is 54.1 Å². The summed E-state index contributed by atoms with van der Waals surface area (Å²) in [5.74, 6) is 0.525. The molecule has 0 fully saturated rings. The zero-order chi connectivity index (χ0) is 15.1. The average Bonchev–Trinajstić information content (AvgIpc) is 3.00. The van der Waals surface area contributed by atoms with Crippen LogP contribution in [0.25, 0.3) is 0 Å². The molecule has 0 spiro atoms. The minimum absolute atomic E-state index is 0.445. The summed E-state index contributed by atoms with van der Waals surface area (Å²) in [5.41, 5.74) is 2.28. The van der Waals surface area contributed by atoms with Crippen LogP contribution in [-0.4, -0.2) is 27.7 Å². The predicted octanol–water partition coefficient (Wildman–Crippen LogP) is 2.72. The Hall–Kier alpha value is -1.65. The summed E-state index contributed by atoms with van der Waals surface area (Å²) in [4.78, 5) is 4.01. The van der Waals surface area contributed by atoms with Gasteiger partial charge in [0.2, 0.25) is 0 Å². The van der Waals surface area contributed by atoms with E-state index < -0.39 is 6.10 Å². The summed E-state index contributed by atoms with van der Waals surface area (Å²) in [7, 11) is 0. The quantitative estimate of drug-likeness (QED) is 0.734. The molecule has 2 aromatic rings. The number of benzene rings is 1. The minimum Gasteiger partial charge on any atom is -0.387 e. The van der Waals surface area contributed by atoms with Gasteiger partial charge in [-0.15, -0.1) is 0 Å². The van der Waals surface area contributed by atoms with Gasteiger partial charge in [0.15, 0.2) is 0 Å². The van der Waals surface area contributed by atoms with Gasteiger partial charge in [-0.3, -0.25) is 0 Å². The second-order valence-corrected chi connectivity index (χ2v) is 5.70. The summed E-state index contributed by atoms with van der Waals surface area (Å²) in [6.45, 7) is 6.77. The first-order chi connectivity index (χ1) is 10.2. The van der Waals surface area contributed by atoms with Crippen molar-refractivity contribution in [3.63, 3.8) is 0 Å². The number of aromatic nitrogens is 2. The van der Waals surface area contributed by atoms with Crippen molar-refractivity contribution in [2.75, 3.05) is 13.1 Å². The lowest BCUT2D eigenvalue weighted by molar-refractivity contribution is 0.174. The van der Waals surface area contributed by atoms with Gasteiger partial charge in [-0.2, -0.15) is 0 Å². The smallest absolute Gasteiger partial charge is 0.0945 e. The molecule has 0 saturated carbocycles. The molecular weight excluding hydrogens is 262 g/mol. The molecule has 0 radical (unpaired) electrons. The van der Waals surface area contributed by atoms with Crippen LogP contribution in [-0.2, 0) is 6.54 Å². The Bertz CT molecular complexity index is 505. The van der Waals surface area contributed by atoms with E-state index in [0.29, 0.717) is 12.5 Å². The van der Waals surface area contributed by atoms with Crippen LogP contribution < -0.4 is 5.32 Å². The van der Waals surface area contributed by atoms with Crippen molar-refractivity contribution in [2.45, 2.75) is 38.8 Å². The number of aryl methyl sites for hydroxylation is 1. The zero-order valence-electron chi connectivity index (χ0n) is 12.9. The Morgan fingerprint density at radius 3 is 2.52 bits per heavy atom. The van der Waals surface area contributed by atoms with Crippen LogP contribution in [0.3, 0.4) is 0 Å². The van der Waals surface area contributed by atoms with Gasteiger partial charge in [0.05, 0.1) is 12.4 Å². The number of hydrogen-bond acceptors (Lipinski definition) is 3. The van der Waals surface area contributed by atoms with E-state index in [2.05, 4.69) is 40.8 Å². The van der Waals surface area contributed by atoms with Gasteiger partial charge >= 0.3 is 0 Å². The zero-order valence-corrected chi connectivity index (χ0v) is 12.9. The fraction of sp³-hybridized carbons (Fsp3) is 0.471. The van der Waals surface area contributed by atoms with Gasteiger partial charge in [0.1, 0.15) is 0 Å². The lowest BCUT2D eigenvalue weighted by Crippen LogP contribution is -2.23. The van der Waals surface area contributed by atoms with Gasteiger partial charge in [-0.1, -0.05) is 38.1 Å². The maximum atomic E-state index is 10.2. The molecule has 1 aromatic carbocycles. The van der Waals surface area contributed by atoms with E-state index in [4.69, 9.17) is 0 Å². The molecule has 1 heterocycles. The Labute approximate surface area is 126 Å². The second kappa shape index (κ2) is 7.96. The van der Waals surface area contributed by atoms with E-state index in [0.717, 1.165) is 25.1 Å². The largest absolute Gasteiger partial charge is 0.387 e. The van der Waals surface area contributed by atoms with Crippen molar-refractivity contribution < 1.29 is 5.11 Å². The van der Waals surface area contributed by atoms with Crippen LogP contribution in [0, 0.1) is 0 Å². The highest BCUT2D eigenvalue weighted by Gasteiger charge is 2.07. The molecule has 4 nitrogen and oxygen atoms in total. The molecule has 2 N–H and O–H groups in total. The first-order valence-electron chi connectivity index (χ1n) is 7.61. The molecule has 0 aliphatic carbocycles. The van der Waals surface area contributed by atoms with Crippen molar-refractivity contribution in [1.82, 2.24) is 14.9 Å². The summed E-state index contributed by atoms with van der Waals surface area (Å²) in [6.07, 6.45) is 6.16. The maximum absolute atomic E-state index is 10.2. The van der Waals surface area contributed by atoms with Crippen molar-refractivity contribution in [3.8, 4) is 0 Å². The lowest BCUT2D eigenvalue weighted by atomic mass is 10.00. The van der Waals surface area contributed by atoms with Crippen LogP contribution in [0.15, 0.2) is 43.0 Å². The van der Waals surface area contributed by atoms with Crippen molar-refractivity contribution >= 4 is 0 Å². The first-order valence-corrected chi connectivity index (χ1v) is 7.61. The van der Waals surface area contributed by atoms with E-state index >= 15 is 0 Å². The molecule has 0 amide bonds. The molecule has 0 saturated heterocycles. The highest BCUT2D eigenvalue weighted by Crippen LogP contribution is 2.18. The number of rotatable bonds is 8. The van der Waals surface area contributed by atoms with Crippen LogP contribution in [0.1, 0.15) is 43.4 Å². The Morgan fingerprint density at radius 1 is 1.19 bits per heavy atom. The minimum atomic E-state index is -0.445. The third-order valence-corrected chi connectivity index (χ3v) is 3.65. The molecule has 0 bridgehead atoms. The van der Waals surface area contributed by atoms with Gasteiger partial charge in [0.25, 0.3) is 0 Å². The topological polar surface area (TPSA) is 50.1 Å². The Balaban J connectivity index is 1.68. The van der Waals surface area contributed by atoms with Crippen LogP contribution in [0.4, 0.5) is 0 Å². The Morgan fingerprint density at radius 2 is 1.90 bits per heavy atom. The molecule has 1 atom stereocenters. The molecule has 21 heavy (non-hydrogen) atoms. The van der Waals surface area contributed by atoms with Crippen LogP contribution >= 0.6 is 0 Å². The number of imidazole rings is 1. The third kappa shape index (κ3) is 4.99. The fourth-order valence-electron chi connectivity index (χ4n) is 2.27. The highest BCUT2D eigenvalue weighted by atomic mass is 16.3. The van der Waals surface area contributed by atoms with Gasteiger partial charge < -0.3 is 15.0 Å². The molecular formula is C17H25N3O. The number of hydrogen-bond donors (Lipinski definition) is 2. The molecule has 2 rings (SSSR count). The van der Waals surface area contributed by atoms with Crippen molar-refractivity contribution in [1.29, 1.82) is 0 Å². The first kappa shape index (κ1) is 15.7. The average molecular weight is 287 g/mol. The normalized spacial score (nSPS) is 12.8. The lowest BCUT2D eigenvalue weighted by Gasteiger charge is -2.13. The summed E-state index contributed by atoms with van der Waals surface area (Å²) in [5, 5.41) is 13.5. The molecule has 0 aliphatic heterocycles. The van der Waals surface area contributed by atoms with Crippen molar-refractivity contribution in [2.24, 2.45) is 0 Å². The summed E-state index contributed by atoms with van der Waals surface area (Å²) >= 11 is 0. The standard InChI is InChI=1S/C17H25N3O/c1-14(2)15-4-6-16(7-5-15)17(21)12-18-8-3-10-20-11-9-19-13-20/h4-7,9,11,13-14,17-18,21H,3,8,10,12H2,1-2H3.